The molecule has 0 saturated carbocycles. The van der Waals surface area contributed by atoms with Gasteiger partial charge in [-0.2, -0.15) is 5.10 Å². The number of benzene rings is 1. The third-order valence-electron chi connectivity index (χ3n) is 2.64. The summed E-state index contributed by atoms with van der Waals surface area (Å²) in [4.78, 5) is 12.0. The highest BCUT2D eigenvalue weighted by Gasteiger charge is 2.12. The molecule has 0 radical (unpaired) electrons. The van der Waals surface area contributed by atoms with Crippen LogP contribution in [0.15, 0.2) is 36.5 Å². The summed E-state index contributed by atoms with van der Waals surface area (Å²) in [6.07, 6.45) is 2.60. The van der Waals surface area contributed by atoms with Gasteiger partial charge in [0.15, 0.2) is 6.29 Å². The molecule has 0 aliphatic carbocycles. The fourth-order valence-corrected chi connectivity index (χ4v) is 2.95. The molecule has 84 valence electrons. The largest absolute Gasteiger partial charge is 0.298 e. The monoisotopic (exact) mass is 242 g/mol. The summed E-state index contributed by atoms with van der Waals surface area (Å²) in [7, 11) is 1.82. The van der Waals surface area contributed by atoms with Gasteiger partial charge in [0.05, 0.1) is 10.4 Å². The number of aldehydes is 1. The molecular formula is C13H10N2OS. The molecule has 0 saturated heterocycles. The van der Waals surface area contributed by atoms with Crippen molar-refractivity contribution in [2.24, 2.45) is 7.05 Å². The van der Waals surface area contributed by atoms with E-state index in [9.17, 15) is 4.79 Å². The Morgan fingerprint density at radius 1 is 1.35 bits per heavy atom. The first kappa shape index (κ1) is 10.2. The average molecular weight is 242 g/mol. The van der Waals surface area contributed by atoms with E-state index < -0.39 is 0 Å². The highest BCUT2D eigenvalue weighted by atomic mass is 32.1. The maximum absolute atomic E-state index is 11.0. The molecule has 4 heteroatoms. The number of fused-ring (bicyclic) bond motifs is 1. The minimum Gasteiger partial charge on any atom is -0.298 e. The molecule has 3 rings (SSSR count). The van der Waals surface area contributed by atoms with E-state index in [1.54, 1.807) is 22.2 Å². The summed E-state index contributed by atoms with van der Waals surface area (Å²) in [5, 5.41) is 5.53. The Hall–Kier alpha value is -1.94. The minimum absolute atomic E-state index is 0.638. The van der Waals surface area contributed by atoms with E-state index in [0.717, 1.165) is 16.9 Å². The summed E-state index contributed by atoms with van der Waals surface area (Å²) in [5.74, 6) is 0. The number of carbonyl (C=O) groups is 1. The number of thiophene rings is 1. The fraction of sp³-hybridized carbons (Fsp3) is 0.0769. The predicted molar refractivity (Wildman–Crippen MR) is 69.4 cm³/mol. The molecule has 0 N–H and O–H groups in total. The molecule has 3 nitrogen and oxygen atoms in total. The summed E-state index contributed by atoms with van der Waals surface area (Å²) >= 11 is 1.66. The van der Waals surface area contributed by atoms with Gasteiger partial charge in [0.2, 0.25) is 0 Å². The summed E-state index contributed by atoms with van der Waals surface area (Å²) in [6, 6.07) is 10.3. The maximum Gasteiger partial charge on any atom is 0.153 e. The van der Waals surface area contributed by atoms with Crippen LogP contribution >= 0.6 is 11.3 Å². The Kier molecular flexibility index (Phi) is 2.30. The van der Waals surface area contributed by atoms with Crippen LogP contribution in [0.5, 0.6) is 0 Å². The van der Waals surface area contributed by atoms with E-state index in [1.165, 1.54) is 10.1 Å². The third-order valence-corrected chi connectivity index (χ3v) is 3.77. The molecule has 17 heavy (non-hydrogen) atoms. The van der Waals surface area contributed by atoms with E-state index in [-0.39, 0.29) is 0 Å². The fourth-order valence-electron chi connectivity index (χ4n) is 1.88. The van der Waals surface area contributed by atoms with Gasteiger partial charge in [-0.15, -0.1) is 11.3 Å². The van der Waals surface area contributed by atoms with Crippen LogP contribution in [0.2, 0.25) is 0 Å². The average Bonchev–Trinajstić information content (AvgIpc) is 2.91. The van der Waals surface area contributed by atoms with Crippen LogP contribution in [0.25, 0.3) is 20.7 Å². The van der Waals surface area contributed by atoms with E-state index in [2.05, 4.69) is 23.3 Å². The van der Waals surface area contributed by atoms with E-state index in [0.29, 0.717) is 5.56 Å². The van der Waals surface area contributed by atoms with Crippen molar-refractivity contribution in [1.29, 1.82) is 0 Å². The number of carbonyl (C=O) groups excluding carboxylic acids is 1. The van der Waals surface area contributed by atoms with Crippen molar-refractivity contribution in [3.05, 3.63) is 42.1 Å². The van der Waals surface area contributed by atoms with Crippen LogP contribution in [-0.2, 0) is 7.05 Å². The quantitative estimate of drug-likeness (QED) is 0.647. The van der Waals surface area contributed by atoms with Crippen LogP contribution in [-0.4, -0.2) is 16.1 Å². The molecule has 0 atom stereocenters. The van der Waals surface area contributed by atoms with E-state index in [1.807, 2.05) is 19.2 Å². The Morgan fingerprint density at radius 3 is 2.94 bits per heavy atom. The van der Waals surface area contributed by atoms with Crippen molar-refractivity contribution in [2.75, 3.05) is 0 Å². The lowest BCUT2D eigenvalue weighted by Gasteiger charge is -1.90. The third kappa shape index (κ3) is 1.66. The lowest BCUT2D eigenvalue weighted by molar-refractivity contribution is 0.112. The van der Waals surface area contributed by atoms with Gasteiger partial charge in [-0.3, -0.25) is 9.48 Å². The van der Waals surface area contributed by atoms with Gasteiger partial charge in [0, 0.05) is 17.9 Å². The zero-order valence-corrected chi connectivity index (χ0v) is 10.1. The van der Waals surface area contributed by atoms with E-state index >= 15 is 0 Å². The van der Waals surface area contributed by atoms with Crippen LogP contribution in [0.1, 0.15) is 10.4 Å². The van der Waals surface area contributed by atoms with Crippen molar-refractivity contribution in [3.63, 3.8) is 0 Å². The molecule has 0 aliphatic heterocycles. The molecular weight excluding hydrogens is 232 g/mol. The van der Waals surface area contributed by atoms with Gasteiger partial charge in [-0.1, -0.05) is 18.2 Å². The zero-order chi connectivity index (χ0) is 11.8. The first-order valence-corrected chi connectivity index (χ1v) is 6.07. The molecule has 0 unspecified atom stereocenters. The molecule has 2 aromatic heterocycles. The normalized spacial score (nSPS) is 10.9. The second-order valence-electron chi connectivity index (χ2n) is 3.87. The van der Waals surface area contributed by atoms with Crippen molar-refractivity contribution in [2.45, 2.75) is 0 Å². The van der Waals surface area contributed by atoms with Gasteiger partial charge in [-0.25, -0.2) is 0 Å². The smallest absolute Gasteiger partial charge is 0.153 e. The van der Waals surface area contributed by atoms with E-state index in [4.69, 9.17) is 0 Å². The number of aryl methyl sites for hydroxylation is 1. The number of hydrogen-bond donors (Lipinski definition) is 0. The van der Waals surface area contributed by atoms with Crippen LogP contribution in [0.3, 0.4) is 0 Å². The van der Waals surface area contributed by atoms with Crippen molar-refractivity contribution < 1.29 is 4.79 Å². The Balaban J connectivity index is 2.23. The second-order valence-corrected chi connectivity index (χ2v) is 4.96. The highest BCUT2D eigenvalue weighted by molar-refractivity contribution is 7.22. The Morgan fingerprint density at radius 2 is 2.18 bits per heavy atom. The van der Waals surface area contributed by atoms with Crippen molar-refractivity contribution in [1.82, 2.24) is 9.78 Å². The molecule has 0 bridgehead atoms. The first-order chi connectivity index (χ1) is 8.28. The van der Waals surface area contributed by atoms with Gasteiger partial charge in [0.1, 0.15) is 5.69 Å². The number of nitrogens with zero attached hydrogens (tertiary/aromatic N) is 2. The molecule has 0 fully saturated rings. The van der Waals surface area contributed by atoms with Gasteiger partial charge in [-0.05, 0) is 17.5 Å². The molecule has 1 aromatic carbocycles. The summed E-state index contributed by atoms with van der Waals surface area (Å²) in [5.41, 5.74) is 1.41. The maximum atomic E-state index is 11.0. The lowest BCUT2D eigenvalue weighted by Crippen LogP contribution is -1.86. The molecule has 0 amide bonds. The molecule has 0 aliphatic rings. The van der Waals surface area contributed by atoms with Crippen LogP contribution in [0, 0.1) is 0 Å². The number of rotatable bonds is 2. The lowest BCUT2D eigenvalue weighted by atomic mass is 10.2. The highest BCUT2D eigenvalue weighted by Crippen LogP contribution is 2.33. The SMILES string of the molecule is Cn1cc(C=O)c(-c2cc3ccccc3s2)n1. The van der Waals surface area contributed by atoms with Crippen molar-refractivity contribution in [3.8, 4) is 10.6 Å². The minimum atomic E-state index is 0.638. The second kappa shape index (κ2) is 3.82. The molecule has 2 heterocycles. The summed E-state index contributed by atoms with van der Waals surface area (Å²) < 4.78 is 2.88. The standard InChI is InChI=1S/C13H10N2OS/c1-15-7-10(8-16)13(14-15)12-6-9-4-2-3-5-11(9)17-12/h2-8H,1H3. The van der Waals surface area contributed by atoms with Gasteiger partial charge in [0.25, 0.3) is 0 Å². The number of aromatic nitrogens is 2. The zero-order valence-electron chi connectivity index (χ0n) is 9.25. The Bertz CT molecular complexity index is 663. The molecule has 0 spiro atoms. The summed E-state index contributed by atoms with van der Waals surface area (Å²) in [6.45, 7) is 0. The molecule has 3 aromatic rings. The topological polar surface area (TPSA) is 34.9 Å². The number of hydrogen-bond acceptors (Lipinski definition) is 3. The van der Waals surface area contributed by atoms with Gasteiger partial charge >= 0.3 is 0 Å². The van der Waals surface area contributed by atoms with Crippen LogP contribution < -0.4 is 0 Å². The Labute approximate surface area is 102 Å². The van der Waals surface area contributed by atoms with Gasteiger partial charge < -0.3 is 0 Å². The predicted octanol–water partition coefficient (Wildman–Crippen LogP) is 3.11. The van der Waals surface area contributed by atoms with Crippen LogP contribution in [0.4, 0.5) is 0 Å². The van der Waals surface area contributed by atoms with Crippen molar-refractivity contribution >= 4 is 27.7 Å². The first-order valence-electron chi connectivity index (χ1n) is 5.26.